The molecule has 0 atom stereocenters. The van der Waals surface area contributed by atoms with Gasteiger partial charge in [-0.1, -0.05) is 224 Å². The van der Waals surface area contributed by atoms with Gasteiger partial charge >= 0.3 is 29.8 Å². The molecule has 0 saturated heterocycles. The standard InChI is InChI=1S/C20H15FO3S.C19H13BrO3S.2C19H13FO3S.C18H20O3S/c21-15-6-3-5-14(13-15)10-11-24-20(23)17-8-2-1-7-16(17)19(22)18-9-4-12-25-18;2*20-16-9-4-1-6-13(16)12-23-19(22)15-8-3-2-7-14(15)18(21)17-10-5-11-24-17;20-14-9-7-13(8-10-14)12-23-19(22)16-5-2-1-4-15(16)18(21)17-6-3-11-24-17;1-2-3-4-7-12-21-18(20)15-10-6-5-9-14(15)17(19)16-11-8-13-22-16/h1-9,12-13H,10-11H2;3*1-11H,12H2;5-6,8-11,13H,2-4,7,12H2,1H3. The highest BCUT2D eigenvalue weighted by atomic mass is 79.9. The molecule has 14 aromatic rings. The Morgan fingerprint density at radius 3 is 0.966 bits per heavy atom. The van der Waals surface area contributed by atoms with E-state index in [1.165, 1.54) is 93.1 Å². The lowest BCUT2D eigenvalue weighted by atomic mass is 10.0. The largest absolute Gasteiger partial charge is 0.462 e. The van der Waals surface area contributed by atoms with E-state index in [4.69, 9.17) is 23.7 Å². The van der Waals surface area contributed by atoms with Crippen molar-refractivity contribution in [3.05, 3.63) is 430 Å². The van der Waals surface area contributed by atoms with Crippen molar-refractivity contribution in [1.29, 1.82) is 0 Å². The van der Waals surface area contributed by atoms with E-state index >= 15 is 0 Å². The minimum Gasteiger partial charge on any atom is -0.462 e. The Labute approximate surface area is 713 Å². The number of thiophene rings is 5. The molecule has 0 spiro atoms. The second-order valence-corrected chi connectivity index (χ2v) is 31.1. The van der Waals surface area contributed by atoms with Gasteiger partial charge in [0.2, 0.25) is 28.9 Å². The van der Waals surface area contributed by atoms with Crippen LogP contribution in [0.2, 0.25) is 0 Å². The van der Waals surface area contributed by atoms with Gasteiger partial charge in [0.1, 0.15) is 37.3 Å². The molecule has 14 rings (SSSR count). The summed E-state index contributed by atoms with van der Waals surface area (Å²) in [7, 11) is 0. The molecule has 0 saturated carbocycles. The molecule has 0 aliphatic carbocycles. The molecule has 0 bridgehead atoms. The first-order chi connectivity index (χ1) is 57.9. The van der Waals surface area contributed by atoms with E-state index in [9.17, 15) is 61.1 Å². The van der Waals surface area contributed by atoms with Crippen LogP contribution in [0.3, 0.4) is 0 Å². The van der Waals surface area contributed by atoms with Gasteiger partial charge in [-0.25, -0.2) is 37.1 Å². The smallest absolute Gasteiger partial charge is 0.339 e. The van der Waals surface area contributed by atoms with Crippen molar-refractivity contribution < 1.29 is 84.8 Å². The summed E-state index contributed by atoms with van der Waals surface area (Å²) < 4.78 is 66.9. The molecule has 5 heterocycles. The zero-order valence-corrected chi connectivity index (χ0v) is 69.4. The highest BCUT2D eigenvalue weighted by Crippen LogP contribution is 2.27. The van der Waals surface area contributed by atoms with E-state index in [1.807, 2.05) is 57.9 Å². The molecular weight excluding hydrogens is 1680 g/mol. The van der Waals surface area contributed by atoms with E-state index < -0.39 is 35.7 Å². The minimum atomic E-state index is -0.654. The van der Waals surface area contributed by atoms with E-state index in [-0.39, 0.29) is 100 Å². The van der Waals surface area contributed by atoms with Gasteiger partial charge in [0.15, 0.2) is 0 Å². The SMILES string of the molecule is CCCCCCOC(=O)c1ccccc1C(=O)c1cccs1.O=C(OCCc1cccc(F)c1)c1ccccc1C(=O)c1cccs1.O=C(OCc1ccc(F)cc1)c1ccccc1C(=O)c1cccs1.O=C(OCc1ccccc1Br)c1ccccc1C(=O)c1cccs1.O=C(OCc1ccccc1F)c1ccccc1C(=O)c1cccs1. The molecule has 15 nitrogen and oxygen atoms in total. The van der Waals surface area contributed by atoms with Crippen LogP contribution in [0.4, 0.5) is 13.2 Å². The number of halogens is 4. The Bertz CT molecular complexity index is 5590. The third kappa shape index (κ3) is 26.2. The first kappa shape index (κ1) is 88.8. The van der Waals surface area contributed by atoms with Gasteiger partial charge in [0.05, 0.1) is 65.4 Å². The van der Waals surface area contributed by atoms with Crippen LogP contribution in [0.25, 0.3) is 0 Å². The number of hydrogen-bond donors (Lipinski definition) is 0. The fraction of sp³-hybridized carbons (Fsp3) is 0.116. The summed E-state index contributed by atoms with van der Waals surface area (Å²) in [4.78, 5) is 127. The fourth-order valence-electron chi connectivity index (χ4n) is 11.3. The lowest BCUT2D eigenvalue weighted by Crippen LogP contribution is -2.13. The molecule has 0 unspecified atom stereocenters. The average Bonchev–Trinajstić information content (AvgIpc) is 1.62. The first-order valence-corrected chi connectivity index (χ1v) is 42.2. The predicted molar refractivity (Wildman–Crippen MR) is 460 cm³/mol. The highest BCUT2D eigenvalue weighted by Gasteiger charge is 2.26. The summed E-state index contributed by atoms with van der Waals surface area (Å²) >= 11 is 10.1. The van der Waals surface area contributed by atoms with Gasteiger partial charge in [-0.3, -0.25) is 24.0 Å². The van der Waals surface area contributed by atoms with Crippen LogP contribution in [0, 0.1) is 17.5 Å². The normalized spacial score (nSPS) is 10.4. The van der Waals surface area contributed by atoms with E-state index in [0.29, 0.717) is 70.8 Å². The molecule has 9 aromatic carbocycles. The summed E-state index contributed by atoms with van der Waals surface area (Å²) in [6, 6.07) is 76.3. The van der Waals surface area contributed by atoms with Gasteiger partial charge in [-0.05, 0) is 142 Å². The quantitative estimate of drug-likeness (QED) is 0.0184. The zero-order chi connectivity index (χ0) is 84.3. The summed E-state index contributed by atoms with van der Waals surface area (Å²) in [5.74, 6) is -4.78. The molecule has 24 heteroatoms. The monoisotopic (exact) mass is 1750 g/mol. The van der Waals surface area contributed by atoms with Crippen LogP contribution in [-0.2, 0) is 49.9 Å². The lowest BCUT2D eigenvalue weighted by Gasteiger charge is -2.09. The maximum atomic E-state index is 13.6. The third-order valence-electron chi connectivity index (χ3n) is 17.3. The van der Waals surface area contributed by atoms with Crippen molar-refractivity contribution in [1.82, 2.24) is 0 Å². The number of carbonyl (C=O) groups is 10. The Hall–Kier alpha value is -12.6. The maximum Gasteiger partial charge on any atom is 0.339 e. The molecule has 5 aromatic heterocycles. The zero-order valence-electron chi connectivity index (χ0n) is 63.7. The minimum absolute atomic E-state index is 0.0145. The number of ketones is 5. The fourth-order valence-corrected chi connectivity index (χ4v) is 15.1. The van der Waals surface area contributed by atoms with Crippen molar-refractivity contribution >= 4 is 131 Å². The number of benzene rings is 9. The number of unbranched alkanes of at least 4 members (excludes halogenated alkanes) is 3. The molecule has 0 fully saturated rings. The maximum absolute atomic E-state index is 13.6. The summed E-state index contributed by atoms with van der Waals surface area (Å²) in [5.41, 5.74) is 5.50. The van der Waals surface area contributed by atoms with Crippen LogP contribution in [0.1, 0.15) is 183 Å². The Kier molecular flexibility index (Phi) is 34.6. The highest BCUT2D eigenvalue weighted by molar-refractivity contribution is 9.10. The molecule has 0 amide bonds. The second kappa shape index (κ2) is 46.4. The van der Waals surface area contributed by atoms with E-state index in [2.05, 4.69) is 22.9 Å². The van der Waals surface area contributed by atoms with Crippen molar-refractivity contribution in [2.75, 3.05) is 13.2 Å². The first-order valence-electron chi connectivity index (χ1n) is 37.0. The molecular formula is C95H74BrF3O15S5. The summed E-state index contributed by atoms with van der Waals surface area (Å²) in [5, 5.41) is 9.10. The van der Waals surface area contributed by atoms with Gasteiger partial charge in [0, 0.05) is 49.8 Å². The molecule has 602 valence electrons. The van der Waals surface area contributed by atoms with Crippen molar-refractivity contribution in [3.63, 3.8) is 0 Å². The van der Waals surface area contributed by atoms with Crippen LogP contribution >= 0.6 is 72.6 Å². The summed E-state index contributed by atoms with van der Waals surface area (Å²) in [6.45, 7) is 2.62. The molecule has 0 aliphatic rings. The van der Waals surface area contributed by atoms with Crippen molar-refractivity contribution in [3.8, 4) is 0 Å². The van der Waals surface area contributed by atoms with Gasteiger partial charge in [0.25, 0.3) is 0 Å². The Balaban J connectivity index is 0.000000157. The number of esters is 5. The molecule has 0 aliphatic heterocycles. The molecule has 0 radical (unpaired) electrons. The Morgan fingerprint density at radius 2 is 0.613 bits per heavy atom. The van der Waals surface area contributed by atoms with Gasteiger partial charge in [-0.15, -0.1) is 56.7 Å². The van der Waals surface area contributed by atoms with Crippen LogP contribution in [0.15, 0.2) is 310 Å². The third-order valence-corrected chi connectivity index (χ3v) is 22.5. The van der Waals surface area contributed by atoms with Gasteiger partial charge in [-0.2, -0.15) is 0 Å². The van der Waals surface area contributed by atoms with Gasteiger partial charge < -0.3 is 23.7 Å². The van der Waals surface area contributed by atoms with Crippen LogP contribution < -0.4 is 0 Å². The molecule has 119 heavy (non-hydrogen) atoms. The van der Waals surface area contributed by atoms with Crippen LogP contribution in [0.5, 0.6) is 0 Å². The number of rotatable bonds is 29. The summed E-state index contributed by atoms with van der Waals surface area (Å²) in [6.07, 6.45) is 4.61. The average molecular weight is 1750 g/mol. The lowest BCUT2D eigenvalue weighted by molar-refractivity contribution is 0.0459. The van der Waals surface area contributed by atoms with Crippen molar-refractivity contribution in [2.24, 2.45) is 0 Å². The van der Waals surface area contributed by atoms with E-state index in [1.54, 1.807) is 212 Å². The number of ether oxygens (including phenoxy) is 5. The van der Waals surface area contributed by atoms with Crippen molar-refractivity contribution in [2.45, 2.75) is 58.8 Å². The number of hydrogen-bond acceptors (Lipinski definition) is 20. The number of carbonyl (C=O) groups excluding carboxylic acids is 10. The molecule has 0 N–H and O–H groups in total. The predicted octanol–water partition coefficient (Wildman–Crippen LogP) is 23.3. The second-order valence-electron chi connectivity index (χ2n) is 25.5. The Morgan fingerprint density at radius 1 is 0.286 bits per heavy atom. The van der Waals surface area contributed by atoms with Crippen LogP contribution in [-0.4, -0.2) is 72.0 Å². The topological polar surface area (TPSA) is 217 Å². The van der Waals surface area contributed by atoms with E-state index in [0.717, 1.165) is 41.3 Å².